The van der Waals surface area contributed by atoms with Gasteiger partial charge in [-0.3, -0.25) is 0 Å². The summed E-state index contributed by atoms with van der Waals surface area (Å²) < 4.78 is 0. The molecule has 1 atom stereocenters. The van der Waals surface area contributed by atoms with Gasteiger partial charge in [-0.2, -0.15) is 0 Å². The van der Waals surface area contributed by atoms with Crippen LogP contribution in [-0.4, -0.2) is 19.6 Å². The number of hydrogen-bond donors (Lipinski definition) is 2. The molecule has 0 aromatic heterocycles. The van der Waals surface area contributed by atoms with E-state index in [0.29, 0.717) is 6.04 Å². The number of rotatable bonds is 4. The molecule has 2 nitrogen and oxygen atoms in total. The van der Waals surface area contributed by atoms with Crippen molar-refractivity contribution in [1.82, 2.24) is 10.6 Å². The molecule has 0 unspecified atom stereocenters. The smallest absolute Gasteiger partial charge is 0.0295 e. The minimum absolute atomic E-state index is 0.537. The molecule has 60 valence electrons. The average Bonchev–Trinajstić information content (AvgIpc) is 1.99. The maximum Gasteiger partial charge on any atom is 0.0295 e. The summed E-state index contributed by atoms with van der Waals surface area (Å²) in [5.41, 5.74) is 1.24. The fraction of sp³-hybridized carbons (Fsp3) is 0.750. The minimum atomic E-state index is 0.537. The van der Waals surface area contributed by atoms with E-state index in [1.165, 1.54) is 5.70 Å². The SMILES string of the molecule is C/C=C(/C)NC[C@@H](C)NC. The van der Waals surface area contributed by atoms with Crippen molar-refractivity contribution in [3.8, 4) is 0 Å². The Balaban J connectivity index is 3.35. The van der Waals surface area contributed by atoms with Crippen molar-refractivity contribution in [3.63, 3.8) is 0 Å². The highest BCUT2D eigenvalue weighted by Crippen LogP contribution is 1.85. The molecule has 0 saturated heterocycles. The van der Waals surface area contributed by atoms with Crippen LogP contribution >= 0.6 is 0 Å². The highest BCUT2D eigenvalue weighted by molar-refractivity contribution is 4.92. The molecule has 0 saturated carbocycles. The van der Waals surface area contributed by atoms with E-state index in [-0.39, 0.29) is 0 Å². The minimum Gasteiger partial charge on any atom is -0.387 e. The van der Waals surface area contributed by atoms with E-state index in [1.54, 1.807) is 0 Å². The van der Waals surface area contributed by atoms with E-state index in [4.69, 9.17) is 0 Å². The van der Waals surface area contributed by atoms with Crippen LogP contribution in [-0.2, 0) is 0 Å². The Morgan fingerprint density at radius 1 is 1.60 bits per heavy atom. The molecule has 2 N–H and O–H groups in total. The summed E-state index contributed by atoms with van der Waals surface area (Å²) in [4.78, 5) is 0. The first-order valence-corrected chi connectivity index (χ1v) is 3.74. The molecule has 0 spiro atoms. The van der Waals surface area contributed by atoms with Crippen molar-refractivity contribution in [2.45, 2.75) is 26.8 Å². The second-order valence-corrected chi connectivity index (χ2v) is 2.54. The lowest BCUT2D eigenvalue weighted by Gasteiger charge is -2.11. The van der Waals surface area contributed by atoms with Crippen LogP contribution in [0.25, 0.3) is 0 Å². The van der Waals surface area contributed by atoms with Crippen molar-refractivity contribution in [1.29, 1.82) is 0 Å². The summed E-state index contributed by atoms with van der Waals surface area (Å²) in [5, 5.41) is 6.44. The quantitative estimate of drug-likeness (QED) is 0.614. The van der Waals surface area contributed by atoms with Gasteiger partial charge < -0.3 is 10.6 Å². The maximum atomic E-state index is 3.28. The Hall–Kier alpha value is -0.500. The van der Waals surface area contributed by atoms with E-state index in [0.717, 1.165) is 6.54 Å². The molecule has 0 fully saturated rings. The average molecular weight is 142 g/mol. The van der Waals surface area contributed by atoms with Crippen LogP contribution in [0.1, 0.15) is 20.8 Å². The van der Waals surface area contributed by atoms with Gasteiger partial charge in [-0.1, -0.05) is 6.08 Å². The summed E-state index contributed by atoms with van der Waals surface area (Å²) in [5.74, 6) is 0. The van der Waals surface area contributed by atoms with Gasteiger partial charge in [0.2, 0.25) is 0 Å². The predicted octanol–water partition coefficient (Wildman–Crippen LogP) is 1.11. The molecule has 0 radical (unpaired) electrons. The van der Waals surface area contributed by atoms with Gasteiger partial charge >= 0.3 is 0 Å². The van der Waals surface area contributed by atoms with Gasteiger partial charge in [0.1, 0.15) is 0 Å². The van der Waals surface area contributed by atoms with E-state index in [1.807, 2.05) is 14.0 Å². The van der Waals surface area contributed by atoms with Crippen LogP contribution in [0.4, 0.5) is 0 Å². The van der Waals surface area contributed by atoms with Gasteiger partial charge in [-0.25, -0.2) is 0 Å². The molecule has 0 bridgehead atoms. The zero-order valence-electron chi connectivity index (χ0n) is 7.36. The van der Waals surface area contributed by atoms with Crippen LogP contribution in [0.2, 0.25) is 0 Å². The first kappa shape index (κ1) is 9.50. The van der Waals surface area contributed by atoms with Gasteiger partial charge in [-0.15, -0.1) is 0 Å². The molecule has 0 aromatic rings. The van der Waals surface area contributed by atoms with Crippen molar-refractivity contribution >= 4 is 0 Å². The van der Waals surface area contributed by atoms with Crippen molar-refractivity contribution in [3.05, 3.63) is 11.8 Å². The van der Waals surface area contributed by atoms with E-state index >= 15 is 0 Å². The highest BCUT2D eigenvalue weighted by atomic mass is 15.0. The summed E-state index contributed by atoms with van der Waals surface area (Å²) in [6.07, 6.45) is 2.07. The molecule has 0 rings (SSSR count). The van der Waals surface area contributed by atoms with Gasteiger partial charge in [0.05, 0.1) is 0 Å². The largest absolute Gasteiger partial charge is 0.387 e. The predicted molar refractivity (Wildman–Crippen MR) is 46.0 cm³/mol. The van der Waals surface area contributed by atoms with Gasteiger partial charge in [-0.05, 0) is 27.8 Å². The van der Waals surface area contributed by atoms with Crippen LogP contribution < -0.4 is 10.6 Å². The summed E-state index contributed by atoms with van der Waals surface area (Å²) in [6.45, 7) is 7.25. The molecule has 0 amide bonds. The monoisotopic (exact) mass is 142 g/mol. The lowest BCUT2D eigenvalue weighted by Crippen LogP contribution is -2.32. The van der Waals surface area contributed by atoms with E-state index in [9.17, 15) is 0 Å². The topological polar surface area (TPSA) is 24.1 Å². The molecular weight excluding hydrogens is 124 g/mol. The van der Waals surface area contributed by atoms with Gasteiger partial charge in [0.25, 0.3) is 0 Å². The summed E-state index contributed by atoms with van der Waals surface area (Å²) in [6, 6.07) is 0.537. The molecular formula is C8H18N2. The van der Waals surface area contributed by atoms with Crippen LogP contribution in [0.5, 0.6) is 0 Å². The molecule has 0 aromatic carbocycles. The third-order valence-corrected chi connectivity index (χ3v) is 1.61. The van der Waals surface area contributed by atoms with Crippen molar-refractivity contribution in [2.75, 3.05) is 13.6 Å². The second-order valence-electron chi connectivity index (χ2n) is 2.54. The fourth-order valence-corrected chi connectivity index (χ4v) is 0.518. The third-order valence-electron chi connectivity index (χ3n) is 1.61. The van der Waals surface area contributed by atoms with Crippen LogP contribution in [0.3, 0.4) is 0 Å². The first-order valence-electron chi connectivity index (χ1n) is 3.74. The van der Waals surface area contributed by atoms with Crippen molar-refractivity contribution < 1.29 is 0 Å². The second kappa shape index (κ2) is 5.30. The Labute approximate surface area is 63.7 Å². The third kappa shape index (κ3) is 4.39. The first-order chi connectivity index (χ1) is 4.70. The highest BCUT2D eigenvalue weighted by Gasteiger charge is 1.94. The molecule has 0 heterocycles. The van der Waals surface area contributed by atoms with Crippen LogP contribution in [0.15, 0.2) is 11.8 Å². The Morgan fingerprint density at radius 2 is 2.20 bits per heavy atom. The molecule has 10 heavy (non-hydrogen) atoms. The number of allylic oxidation sites excluding steroid dienone is 2. The molecule has 2 heteroatoms. The fourth-order valence-electron chi connectivity index (χ4n) is 0.518. The maximum absolute atomic E-state index is 3.28. The molecule has 0 aliphatic carbocycles. The van der Waals surface area contributed by atoms with Crippen molar-refractivity contribution in [2.24, 2.45) is 0 Å². The number of hydrogen-bond acceptors (Lipinski definition) is 2. The Morgan fingerprint density at radius 3 is 2.60 bits per heavy atom. The lowest BCUT2D eigenvalue weighted by molar-refractivity contribution is 0.574. The Bertz CT molecular complexity index is 108. The Kier molecular flexibility index (Phi) is 5.03. The van der Waals surface area contributed by atoms with Gasteiger partial charge in [0, 0.05) is 18.3 Å². The van der Waals surface area contributed by atoms with Gasteiger partial charge in [0.15, 0.2) is 0 Å². The molecule has 0 aliphatic heterocycles. The van der Waals surface area contributed by atoms with E-state index < -0.39 is 0 Å². The summed E-state index contributed by atoms with van der Waals surface area (Å²) >= 11 is 0. The summed E-state index contributed by atoms with van der Waals surface area (Å²) in [7, 11) is 1.97. The standard InChI is InChI=1S/C8H18N2/c1-5-7(2)10-6-8(3)9-4/h5,8-10H,6H2,1-4H3/b7-5-/t8-/m1/s1. The number of nitrogens with one attached hydrogen (secondary N) is 2. The zero-order valence-corrected chi connectivity index (χ0v) is 7.36. The normalized spacial score (nSPS) is 15.0. The lowest BCUT2D eigenvalue weighted by atomic mass is 10.3. The van der Waals surface area contributed by atoms with Crippen LogP contribution in [0, 0.1) is 0 Å². The zero-order chi connectivity index (χ0) is 7.98. The van der Waals surface area contributed by atoms with E-state index in [2.05, 4.69) is 30.6 Å². The number of likely N-dealkylation sites (N-methyl/N-ethyl adjacent to an activating group) is 1. The molecule has 0 aliphatic rings.